The zero-order valence-corrected chi connectivity index (χ0v) is 11.7. The summed E-state index contributed by atoms with van der Waals surface area (Å²) in [6.45, 7) is 10.9. The van der Waals surface area contributed by atoms with Crippen LogP contribution >= 0.6 is 0 Å². The minimum Gasteiger partial charge on any atom is -0.316 e. The molecule has 96 valence electrons. The highest BCUT2D eigenvalue weighted by molar-refractivity contribution is 5.13. The number of aryl methyl sites for hydroxylation is 1. The summed E-state index contributed by atoms with van der Waals surface area (Å²) in [7, 11) is 2.01. The predicted octanol–water partition coefficient (Wildman–Crippen LogP) is 1.75. The lowest BCUT2D eigenvalue weighted by molar-refractivity contribution is 0.313. The fraction of sp³-hybridized carbons (Fsp3) is 0.846. The molecule has 0 amide bonds. The van der Waals surface area contributed by atoms with Crippen LogP contribution in [0.5, 0.6) is 0 Å². The van der Waals surface area contributed by atoms with Crippen LogP contribution in [0.2, 0.25) is 0 Å². The van der Waals surface area contributed by atoms with E-state index in [4.69, 9.17) is 4.98 Å². The minimum atomic E-state index is 0.0223. The monoisotopic (exact) mass is 236 g/mol. The van der Waals surface area contributed by atoms with Gasteiger partial charge in [-0.15, -0.1) is 0 Å². The van der Waals surface area contributed by atoms with Crippen LogP contribution in [0, 0.1) is 0 Å². The molecule has 4 heteroatoms. The second-order valence-corrected chi connectivity index (χ2v) is 6.47. The first kappa shape index (κ1) is 12.6. The minimum absolute atomic E-state index is 0.0223. The predicted molar refractivity (Wildman–Crippen MR) is 69.2 cm³/mol. The molecule has 0 spiro atoms. The van der Waals surface area contributed by atoms with Crippen molar-refractivity contribution < 1.29 is 0 Å². The Morgan fingerprint density at radius 2 is 2.06 bits per heavy atom. The van der Waals surface area contributed by atoms with Crippen molar-refractivity contribution in [1.82, 2.24) is 20.1 Å². The van der Waals surface area contributed by atoms with Crippen LogP contribution < -0.4 is 5.32 Å². The Labute approximate surface area is 104 Å². The van der Waals surface area contributed by atoms with Crippen LogP contribution in [0.3, 0.4) is 0 Å². The molecule has 0 radical (unpaired) electrons. The molecule has 1 aromatic heterocycles. The summed E-state index contributed by atoms with van der Waals surface area (Å²) in [6, 6.07) is 0. The summed E-state index contributed by atoms with van der Waals surface area (Å²) in [6.07, 6.45) is 2.41. The molecule has 4 nitrogen and oxygen atoms in total. The summed E-state index contributed by atoms with van der Waals surface area (Å²) >= 11 is 0. The molecule has 0 saturated carbocycles. The van der Waals surface area contributed by atoms with Gasteiger partial charge in [-0.2, -0.15) is 5.10 Å². The summed E-state index contributed by atoms with van der Waals surface area (Å²) in [4.78, 5) is 4.79. The van der Waals surface area contributed by atoms with Crippen LogP contribution in [0.25, 0.3) is 0 Å². The SMILES string of the molecule is Cn1nc(C(C)(C)C)nc1C1(C)CCCNC1. The highest BCUT2D eigenvalue weighted by Gasteiger charge is 2.34. The van der Waals surface area contributed by atoms with Gasteiger partial charge in [-0.25, -0.2) is 4.98 Å². The molecule has 0 bridgehead atoms. The lowest BCUT2D eigenvalue weighted by Gasteiger charge is -2.32. The Bertz CT molecular complexity index is 394. The summed E-state index contributed by atoms with van der Waals surface area (Å²) in [5.74, 6) is 2.07. The molecule has 17 heavy (non-hydrogen) atoms. The van der Waals surface area contributed by atoms with Gasteiger partial charge in [-0.1, -0.05) is 27.7 Å². The van der Waals surface area contributed by atoms with Crippen LogP contribution in [0.4, 0.5) is 0 Å². The van der Waals surface area contributed by atoms with Gasteiger partial charge in [0, 0.05) is 24.4 Å². The molecule has 1 atom stereocenters. The third kappa shape index (κ3) is 2.37. The van der Waals surface area contributed by atoms with Gasteiger partial charge in [-0.05, 0) is 19.4 Å². The number of aromatic nitrogens is 3. The number of piperidine rings is 1. The van der Waals surface area contributed by atoms with Crippen LogP contribution in [-0.2, 0) is 17.9 Å². The second-order valence-electron chi connectivity index (χ2n) is 6.47. The van der Waals surface area contributed by atoms with Crippen molar-refractivity contribution >= 4 is 0 Å². The Morgan fingerprint density at radius 3 is 2.53 bits per heavy atom. The highest BCUT2D eigenvalue weighted by atomic mass is 15.3. The number of hydrogen-bond donors (Lipinski definition) is 1. The fourth-order valence-corrected chi connectivity index (χ4v) is 2.47. The third-order valence-corrected chi connectivity index (χ3v) is 3.57. The van der Waals surface area contributed by atoms with E-state index in [0.717, 1.165) is 24.7 Å². The zero-order valence-electron chi connectivity index (χ0n) is 11.7. The van der Waals surface area contributed by atoms with E-state index in [-0.39, 0.29) is 10.8 Å². The van der Waals surface area contributed by atoms with E-state index >= 15 is 0 Å². The quantitative estimate of drug-likeness (QED) is 0.808. The molecule has 2 heterocycles. The first-order chi connectivity index (χ1) is 7.83. The van der Waals surface area contributed by atoms with Gasteiger partial charge in [0.1, 0.15) is 5.82 Å². The van der Waals surface area contributed by atoms with Crippen LogP contribution in [-0.4, -0.2) is 27.9 Å². The molecule has 1 unspecified atom stereocenters. The first-order valence-electron chi connectivity index (χ1n) is 6.46. The van der Waals surface area contributed by atoms with Crippen molar-refractivity contribution in [1.29, 1.82) is 0 Å². The van der Waals surface area contributed by atoms with Crippen molar-refractivity contribution in [3.8, 4) is 0 Å². The van der Waals surface area contributed by atoms with E-state index in [1.165, 1.54) is 12.8 Å². The standard InChI is InChI=1S/C13H24N4/c1-12(2,3)10-15-11(17(5)16-10)13(4)7-6-8-14-9-13/h14H,6-9H2,1-5H3. The molecule has 1 fully saturated rings. The third-order valence-electron chi connectivity index (χ3n) is 3.57. The van der Waals surface area contributed by atoms with Gasteiger partial charge in [-0.3, -0.25) is 4.68 Å². The van der Waals surface area contributed by atoms with E-state index in [2.05, 4.69) is 38.1 Å². The Morgan fingerprint density at radius 1 is 1.35 bits per heavy atom. The van der Waals surface area contributed by atoms with E-state index < -0.39 is 0 Å². The Hall–Kier alpha value is -0.900. The van der Waals surface area contributed by atoms with E-state index in [1.54, 1.807) is 0 Å². The van der Waals surface area contributed by atoms with Gasteiger partial charge in [0.05, 0.1) is 0 Å². The average molecular weight is 236 g/mol. The molecule has 1 N–H and O–H groups in total. The molecular weight excluding hydrogens is 212 g/mol. The Kier molecular flexibility index (Phi) is 3.02. The zero-order chi connectivity index (χ0) is 12.7. The van der Waals surface area contributed by atoms with Crippen molar-refractivity contribution in [3.63, 3.8) is 0 Å². The number of nitrogens with one attached hydrogen (secondary N) is 1. The van der Waals surface area contributed by atoms with Gasteiger partial charge >= 0.3 is 0 Å². The number of rotatable bonds is 1. The van der Waals surface area contributed by atoms with Gasteiger partial charge in [0.2, 0.25) is 0 Å². The molecule has 1 saturated heterocycles. The molecule has 1 aliphatic rings. The maximum absolute atomic E-state index is 4.79. The normalized spacial score (nSPS) is 26.2. The Balaban J connectivity index is 2.35. The maximum atomic E-state index is 4.79. The molecule has 1 aliphatic heterocycles. The molecule has 1 aromatic rings. The number of nitrogens with zero attached hydrogens (tertiary/aromatic N) is 3. The van der Waals surface area contributed by atoms with Crippen molar-refractivity contribution in [2.24, 2.45) is 7.05 Å². The van der Waals surface area contributed by atoms with Gasteiger partial charge in [0.15, 0.2) is 5.82 Å². The maximum Gasteiger partial charge on any atom is 0.156 e. The van der Waals surface area contributed by atoms with Crippen LogP contribution in [0.1, 0.15) is 52.2 Å². The van der Waals surface area contributed by atoms with E-state index in [0.29, 0.717) is 0 Å². The summed E-state index contributed by atoms with van der Waals surface area (Å²) in [5.41, 5.74) is 0.151. The van der Waals surface area contributed by atoms with Crippen molar-refractivity contribution in [2.75, 3.05) is 13.1 Å². The topological polar surface area (TPSA) is 42.7 Å². The van der Waals surface area contributed by atoms with E-state index in [9.17, 15) is 0 Å². The van der Waals surface area contributed by atoms with Crippen molar-refractivity contribution in [3.05, 3.63) is 11.6 Å². The van der Waals surface area contributed by atoms with E-state index in [1.807, 2.05) is 11.7 Å². The lowest BCUT2D eigenvalue weighted by atomic mass is 9.82. The molecule has 0 aromatic carbocycles. The smallest absolute Gasteiger partial charge is 0.156 e. The van der Waals surface area contributed by atoms with Gasteiger partial charge in [0.25, 0.3) is 0 Å². The molecular formula is C13H24N4. The number of hydrogen-bond acceptors (Lipinski definition) is 3. The van der Waals surface area contributed by atoms with Gasteiger partial charge < -0.3 is 5.32 Å². The second kappa shape index (κ2) is 4.09. The lowest BCUT2D eigenvalue weighted by Crippen LogP contribution is -2.42. The summed E-state index contributed by atoms with van der Waals surface area (Å²) < 4.78 is 1.97. The van der Waals surface area contributed by atoms with Crippen molar-refractivity contribution in [2.45, 2.75) is 51.4 Å². The van der Waals surface area contributed by atoms with Crippen LogP contribution in [0.15, 0.2) is 0 Å². The fourth-order valence-electron chi connectivity index (χ4n) is 2.47. The average Bonchev–Trinajstić information content (AvgIpc) is 2.61. The molecule has 0 aliphatic carbocycles. The first-order valence-corrected chi connectivity index (χ1v) is 6.46. The summed E-state index contributed by atoms with van der Waals surface area (Å²) in [5, 5.41) is 8.05. The molecule has 2 rings (SSSR count). The largest absolute Gasteiger partial charge is 0.316 e. The highest BCUT2D eigenvalue weighted by Crippen LogP contribution is 2.30.